The van der Waals surface area contributed by atoms with Gasteiger partial charge >= 0.3 is 0 Å². The second kappa shape index (κ2) is 6.12. The Morgan fingerprint density at radius 3 is 2.89 bits per heavy atom. The summed E-state index contributed by atoms with van der Waals surface area (Å²) in [5, 5.41) is 7.89. The predicted octanol–water partition coefficient (Wildman–Crippen LogP) is 2.75. The molecule has 0 bridgehead atoms. The fourth-order valence-corrected chi connectivity index (χ4v) is 5.92. The minimum absolute atomic E-state index is 0.0874. The molecule has 5 rings (SSSR count). The van der Waals surface area contributed by atoms with Gasteiger partial charge in [-0.2, -0.15) is 5.10 Å². The highest BCUT2D eigenvalue weighted by Crippen LogP contribution is 2.47. The van der Waals surface area contributed by atoms with Crippen LogP contribution in [0.3, 0.4) is 0 Å². The first-order valence-corrected chi connectivity index (χ1v) is 10.5. The molecule has 3 aliphatic rings. The Bertz CT molecular complexity index is 926. The highest BCUT2D eigenvalue weighted by Gasteiger charge is 2.53. The molecule has 1 aromatic heterocycles. The number of aryl methyl sites for hydroxylation is 1. The van der Waals surface area contributed by atoms with Crippen molar-refractivity contribution in [1.29, 1.82) is 0 Å². The van der Waals surface area contributed by atoms with Crippen molar-refractivity contribution in [3.8, 4) is 5.69 Å². The SMILES string of the molecule is C[C@@]12CCC(=O)N1[C@@H](C(=O)Nc1c3c(nn1-c1ccccc1)CCC3)CS2. The lowest BCUT2D eigenvalue weighted by Crippen LogP contribution is -2.48. The lowest BCUT2D eigenvalue weighted by Gasteiger charge is -2.30. The highest BCUT2D eigenvalue weighted by atomic mass is 32.2. The van der Waals surface area contributed by atoms with Crippen molar-refractivity contribution >= 4 is 29.4 Å². The van der Waals surface area contributed by atoms with E-state index in [0.29, 0.717) is 12.2 Å². The molecule has 0 spiro atoms. The van der Waals surface area contributed by atoms with Crippen LogP contribution in [0.15, 0.2) is 30.3 Å². The number of nitrogens with one attached hydrogen (secondary N) is 1. The Labute approximate surface area is 162 Å². The number of aromatic nitrogens is 2. The van der Waals surface area contributed by atoms with Crippen LogP contribution in [0.25, 0.3) is 5.69 Å². The number of benzene rings is 1. The molecule has 2 amide bonds. The average molecular weight is 382 g/mol. The normalized spacial score (nSPS) is 26.3. The van der Waals surface area contributed by atoms with E-state index in [0.717, 1.165) is 48.4 Å². The molecule has 1 N–H and O–H groups in total. The Kier molecular flexibility index (Phi) is 3.82. The summed E-state index contributed by atoms with van der Waals surface area (Å²) in [6.45, 7) is 2.07. The number of nitrogens with zero attached hydrogens (tertiary/aromatic N) is 3. The van der Waals surface area contributed by atoms with Gasteiger partial charge < -0.3 is 10.2 Å². The van der Waals surface area contributed by atoms with Crippen molar-refractivity contribution in [2.75, 3.05) is 11.1 Å². The van der Waals surface area contributed by atoms with Crippen molar-refractivity contribution < 1.29 is 9.59 Å². The number of carbonyl (C=O) groups is 2. The van der Waals surface area contributed by atoms with Gasteiger partial charge in [0, 0.05) is 17.7 Å². The Balaban J connectivity index is 1.48. The molecule has 1 aromatic carbocycles. The molecule has 0 saturated carbocycles. The molecule has 3 heterocycles. The maximum Gasteiger partial charge on any atom is 0.249 e. The van der Waals surface area contributed by atoms with Gasteiger partial charge in [0.1, 0.15) is 11.9 Å². The second-order valence-electron chi connectivity index (χ2n) is 7.63. The minimum Gasteiger partial charge on any atom is -0.315 e. The van der Waals surface area contributed by atoms with E-state index in [9.17, 15) is 9.59 Å². The van der Waals surface area contributed by atoms with Crippen molar-refractivity contribution in [3.63, 3.8) is 0 Å². The number of fused-ring (bicyclic) bond motifs is 2. The Morgan fingerprint density at radius 2 is 2.07 bits per heavy atom. The zero-order valence-corrected chi connectivity index (χ0v) is 16.1. The van der Waals surface area contributed by atoms with Crippen LogP contribution in [-0.2, 0) is 22.4 Å². The first kappa shape index (κ1) is 16.9. The third-order valence-electron chi connectivity index (χ3n) is 5.90. The van der Waals surface area contributed by atoms with Gasteiger partial charge in [-0.25, -0.2) is 4.68 Å². The van der Waals surface area contributed by atoms with Gasteiger partial charge in [0.15, 0.2) is 0 Å². The van der Waals surface area contributed by atoms with Crippen molar-refractivity contribution in [1.82, 2.24) is 14.7 Å². The molecule has 1 aliphatic carbocycles. The zero-order chi connectivity index (χ0) is 18.6. The van der Waals surface area contributed by atoms with Crippen LogP contribution in [0, 0.1) is 0 Å². The predicted molar refractivity (Wildman–Crippen MR) is 105 cm³/mol. The maximum absolute atomic E-state index is 13.2. The number of hydrogen-bond acceptors (Lipinski definition) is 4. The number of rotatable bonds is 3. The fourth-order valence-electron chi connectivity index (χ4n) is 4.49. The molecule has 2 saturated heterocycles. The smallest absolute Gasteiger partial charge is 0.249 e. The van der Waals surface area contributed by atoms with E-state index in [4.69, 9.17) is 5.10 Å². The lowest BCUT2D eigenvalue weighted by atomic mass is 10.2. The fraction of sp³-hybridized carbons (Fsp3) is 0.450. The number of hydrogen-bond donors (Lipinski definition) is 1. The van der Waals surface area contributed by atoms with Crippen molar-refractivity contribution in [2.45, 2.75) is 49.9 Å². The van der Waals surface area contributed by atoms with Gasteiger partial charge in [-0.05, 0) is 44.7 Å². The molecule has 0 radical (unpaired) electrons. The first-order chi connectivity index (χ1) is 13.1. The molecule has 6 nitrogen and oxygen atoms in total. The van der Waals surface area contributed by atoms with Crippen LogP contribution in [-0.4, -0.2) is 43.2 Å². The van der Waals surface area contributed by atoms with Gasteiger partial charge in [-0.3, -0.25) is 9.59 Å². The first-order valence-electron chi connectivity index (χ1n) is 9.50. The average Bonchev–Trinajstić information content (AvgIpc) is 3.39. The molecule has 2 atom stereocenters. The summed E-state index contributed by atoms with van der Waals surface area (Å²) in [6, 6.07) is 9.47. The van der Waals surface area contributed by atoms with E-state index in [-0.39, 0.29) is 16.7 Å². The summed E-state index contributed by atoms with van der Waals surface area (Å²) in [5.41, 5.74) is 3.13. The molecular formula is C20H22N4O2S. The molecule has 7 heteroatoms. The summed E-state index contributed by atoms with van der Waals surface area (Å²) >= 11 is 1.72. The van der Waals surface area contributed by atoms with Crippen LogP contribution in [0.2, 0.25) is 0 Å². The summed E-state index contributed by atoms with van der Waals surface area (Å²) in [6.07, 6.45) is 4.29. The lowest BCUT2D eigenvalue weighted by molar-refractivity contribution is -0.135. The summed E-state index contributed by atoms with van der Waals surface area (Å²) < 4.78 is 1.84. The molecular weight excluding hydrogens is 360 g/mol. The number of carbonyl (C=O) groups excluding carboxylic acids is 2. The topological polar surface area (TPSA) is 67.2 Å². The Hall–Kier alpha value is -2.28. The van der Waals surface area contributed by atoms with E-state index in [1.807, 2.05) is 35.0 Å². The van der Waals surface area contributed by atoms with Crippen LogP contribution < -0.4 is 5.32 Å². The van der Waals surface area contributed by atoms with Gasteiger partial charge in [-0.1, -0.05) is 18.2 Å². The summed E-state index contributed by atoms with van der Waals surface area (Å²) in [7, 11) is 0. The van der Waals surface area contributed by atoms with Gasteiger partial charge in [-0.15, -0.1) is 11.8 Å². The van der Waals surface area contributed by atoms with Crippen LogP contribution in [0.1, 0.15) is 37.4 Å². The number of para-hydroxylation sites is 1. The van der Waals surface area contributed by atoms with Crippen LogP contribution in [0.5, 0.6) is 0 Å². The number of anilines is 1. The third-order valence-corrected chi connectivity index (χ3v) is 7.40. The maximum atomic E-state index is 13.2. The molecule has 2 fully saturated rings. The molecule has 0 unspecified atom stereocenters. The van der Waals surface area contributed by atoms with Gasteiger partial charge in [0.25, 0.3) is 0 Å². The summed E-state index contributed by atoms with van der Waals surface area (Å²) in [4.78, 5) is 27.1. The van der Waals surface area contributed by atoms with Crippen LogP contribution in [0.4, 0.5) is 5.82 Å². The quantitative estimate of drug-likeness (QED) is 0.886. The third kappa shape index (κ3) is 2.59. The largest absolute Gasteiger partial charge is 0.315 e. The second-order valence-corrected chi connectivity index (χ2v) is 9.13. The summed E-state index contributed by atoms with van der Waals surface area (Å²) in [5.74, 6) is 1.40. The van der Waals surface area contributed by atoms with Gasteiger partial charge in [0.2, 0.25) is 11.8 Å². The van der Waals surface area contributed by atoms with E-state index in [2.05, 4.69) is 12.2 Å². The molecule has 27 heavy (non-hydrogen) atoms. The van der Waals surface area contributed by atoms with Gasteiger partial charge in [0.05, 0.1) is 16.3 Å². The van der Waals surface area contributed by atoms with E-state index in [1.54, 1.807) is 16.7 Å². The van der Waals surface area contributed by atoms with Crippen LogP contribution >= 0.6 is 11.8 Å². The monoisotopic (exact) mass is 382 g/mol. The van der Waals surface area contributed by atoms with E-state index in [1.165, 1.54) is 0 Å². The zero-order valence-electron chi connectivity index (χ0n) is 15.3. The number of amides is 2. The van der Waals surface area contributed by atoms with Crippen molar-refractivity contribution in [3.05, 3.63) is 41.6 Å². The Morgan fingerprint density at radius 1 is 1.26 bits per heavy atom. The standard InChI is InChI=1S/C20H22N4O2S/c1-20-11-10-17(25)23(20)16(12-27-20)19(26)21-18-14-8-5-9-15(14)22-24(18)13-6-3-2-4-7-13/h2-4,6-7,16H,5,8-12H2,1H3,(H,21,26)/t16-,20-/m1/s1. The molecule has 2 aromatic rings. The minimum atomic E-state index is -0.411. The molecule has 2 aliphatic heterocycles. The molecule has 140 valence electrons. The highest BCUT2D eigenvalue weighted by molar-refractivity contribution is 8.01. The van der Waals surface area contributed by atoms with E-state index < -0.39 is 6.04 Å². The van der Waals surface area contributed by atoms with E-state index >= 15 is 0 Å². The number of thioether (sulfide) groups is 1. The van der Waals surface area contributed by atoms with Crippen molar-refractivity contribution in [2.24, 2.45) is 0 Å².